The summed E-state index contributed by atoms with van der Waals surface area (Å²) in [4.78, 5) is 7.19. The predicted molar refractivity (Wildman–Crippen MR) is 50.5 cm³/mol. The maximum absolute atomic E-state index is 7.14. The average Bonchev–Trinajstić information content (AvgIpc) is 2.34. The Morgan fingerprint density at radius 1 is 1.75 bits per heavy atom. The van der Waals surface area contributed by atoms with Crippen molar-refractivity contribution in [2.24, 2.45) is 5.73 Å². The zero-order valence-electron chi connectivity index (χ0n) is 7.16. The van der Waals surface area contributed by atoms with Crippen LogP contribution in [0.1, 0.15) is 9.88 Å². The van der Waals surface area contributed by atoms with Gasteiger partial charge in [0.05, 0.1) is 0 Å². The van der Waals surface area contributed by atoms with Crippen LogP contribution in [0.2, 0.25) is 0 Å². The molecule has 0 aliphatic carbocycles. The summed E-state index contributed by atoms with van der Waals surface area (Å²) < 4.78 is 0. The fourth-order valence-electron chi connectivity index (χ4n) is 0.817. The van der Waals surface area contributed by atoms with Gasteiger partial charge in [0.2, 0.25) is 0 Å². The Labute approximate surface area is 75.5 Å². The maximum atomic E-state index is 7.14. The second-order valence-electron chi connectivity index (χ2n) is 2.78. The average molecular weight is 184 g/mol. The molecule has 12 heavy (non-hydrogen) atoms. The number of nitrogens with two attached hydrogens (primary N) is 1. The van der Waals surface area contributed by atoms with Crippen LogP contribution in [0.25, 0.3) is 0 Å². The summed E-state index contributed by atoms with van der Waals surface area (Å²) in [5, 5.41) is 7.75. The minimum absolute atomic E-state index is 0.0463. The predicted octanol–water partition coefficient (Wildman–Crippen LogP) is 0.489. The normalized spacial score (nSPS) is 10.6. The smallest absolute Gasteiger partial charge is 0.158 e. The Hall–Kier alpha value is -0.940. The van der Waals surface area contributed by atoms with Crippen molar-refractivity contribution in [2.75, 3.05) is 14.1 Å². The summed E-state index contributed by atoms with van der Waals surface area (Å²) >= 11 is 1.47. The molecule has 1 heterocycles. The third-order valence-electron chi connectivity index (χ3n) is 1.26. The highest BCUT2D eigenvalue weighted by Gasteiger charge is 2.04. The van der Waals surface area contributed by atoms with E-state index in [2.05, 4.69) is 9.88 Å². The molecular weight excluding hydrogens is 172 g/mol. The van der Waals surface area contributed by atoms with Gasteiger partial charge < -0.3 is 10.6 Å². The van der Waals surface area contributed by atoms with E-state index in [-0.39, 0.29) is 5.84 Å². The van der Waals surface area contributed by atoms with Gasteiger partial charge >= 0.3 is 0 Å². The van der Waals surface area contributed by atoms with E-state index in [0.29, 0.717) is 5.01 Å². The van der Waals surface area contributed by atoms with Gasteiger partial charge in [0.15, 0.2) is 10.8 Å². The SMILES string of the molecule is CN(C)Cc1cnc(C(=N)N)s1. The summed E-state index contributed by atoms with van der Waals surface area (Å²) in [6.07, 6.45) is 1.77. The van der Waals surface area contributed by atoms with Gasteiger partial charge in [-0.15, -0.1) is 11.3 Å². The van der Waals surface area contributed by atoms with E-state index >= 15 is 0 Å². The molecule has 0 atom stereocenters. The van der Waals surface area contributed by atoms with Crippen molar-refractivity contribution < 1.29 is 0 Å². The van der Waals surface area contributed by atoms with Crippen LogP contribution in [-0.2, 0) is 6.54 Å². The lowest BCUT2D eigenvalue weighted by Gasteiger charge is -2.05. The van der Waals surface area contributed by atoms with Crippen LogP contribution in [0.5, 0.6) is 0 Å². The van der Waals surface area contributed by atoms with E-state index in [0.717, 1.165) is 11.4 Å². The highest BCUT2D eigenvalue weighted by atomic mass is 32.1. The molecule has 0 unspecified atom stereocenters. The lowest BCUT2D eigenvalue weighted by atomic mass is 10.5. The number of hydrogen-bond donors (Lipinski definition) is 2. The first-order valence-electron chi connectivity index (χ1n) is 3.53. The zero-order chi connectivity index (χ0) is 9.14. The summed E-state index contributed by atoms with van der Waals surface area (Å²) in [5.41, 5.74) is 5.28. The van der Waals surface area contributed by atoms with Gasteiger partial charge in [-0.25, -0.2) is 4.98 Å². The monoisotopic (exact) mass is 184 g/mol. The molecule has 1 rings (SSSR count). The molecule has 0 saturated heterocycles. The second-order valence-corrected chi connectivity index (χ2v) is 3.90. The largest absolute Gasteiger partial charge is 0.382 e. The lowest BCUT2D eigenvalue weighted by Crippen LogP contribution is -2.10. The molecule has 0 spiro atoms. The molecule has 0 aliphatic rings. The Bertz CT molecular complexity index is 279. The van der Waals surface area contributed by atoms with Crippen LogP contribution in [-0.4, -0.2) is 29.8 Å². The van der Waals surface area contributed by atoms with Crippen molar-refractivity contribution in [2.45, 2.75) is 6.54 Å². The van der Waals surface area contributed by atoms with Gasteiger partial charge in [-0.3, -0.25) is 5.41 Å². The van der Waals surface area contributed by atoms with Crippen LogP contribution >= 0.6 is 11.3 Å². The van der Waals surface area contributed by atoms with Crippen molar-refractivity contribution >= 4 is 17.2 Å². The van der Waals surface area contributed by atoms with Gasteiger partial charge in [-0.2, -0.15) is 0 Å². The third kappa shape index (κ3) is 2.28. The first-order valence-corrected chi connectivity index (χ1v) is 4.35. The molecule has 0 aromatic carbocycles. The molecule has 0 aliphatic heterocycles. The third-order valence-corrected chi connectivity index (χ3v) is 2.27. The Morgan fingerprint density at radius 2 is 2.42 bits per heavy atom. The van der Waals surface area contributed by atoms with Crippen LogP contribution in [0.3, 0.4) is 0 Å². The van der Waals surface area contributed by atoms with Crippen molar-refractivity contribution in [1.29, 1.82) is 5.41 Å². The fourth-order valence-corrected chi connectivity index (χ4v) is 1.71. The molecule has 0 bridgehead atoms. The first kappa shape index (κ1) is 9.15. The van der Waals surface area contributed by atoms with Gasteiger partial charge in [-0.05, 0) is 14.1 Å². The van der Waals surface area contributed by atoms with Crippen LogP contribution in [0.4, 0.5) is 0 Å². The molecule has 1 aromatic rings. The maximum Gasteiger partial charge on any atom is 0.158 e. The molecular formula is C7H12N4S. The molecule has 4 nitrogen and oxygen atoms in total. The van der Waals surface area contributed by atoms with Crippen LogP contribution in [0.15, 0.2) is 6.20 Å². The summed E-state index contributed by atoms with van der Waals surface area (Å²) in [5.74, 6) is 0.0463. The molecule has 5 heteroatoms. The summed E-state index contributed by atoms with van der Waals surface area (Å²) in [7, 11) is 3.99. The Morgan fingerprint density at radius 3 is 2.83 bits per heavy atom. The van der Waals surface area contributed by atoms with Gasteiger partial charge in [-0.1, -0.05) is 0 Å². The van der Waals surface area contributed by atoms with E-state index in [9.17, 15) is 0 Å². The van der Waals surface area contributed by atoms with E-state index in [4.69, 9.17) is 11.1 Å². The Kier molecular flexibility index (Phi) is 2.78. The number of nitrogen functional groups attached to an aromatic ring is 1. The minimum atomic E-state index is 0.0463. The fraction of sp³-hybridized carbons (Fsp3) is 0.429. The number of thiazole rings is 1. The van der Waals surface area contributed by atoms with Crippen LogP contribution < -0.4 is 5.73 Å². The number of aromatic nitrogens is 1. The highest BCUT2D eigenvalue weighted by molar-refractivity contribution is 7.13. The van der Waals surface area contributed by atoms with Gasteiger partial charge in [0, 0.05) is 17.6 Å². The molecule has 1 aromatic heterocycles. The van der Waals surface area contributed by atoms with Crippen molar-refractivity contribution in [3.63, 3.8) is 0 Å². The molecule has 66 valence electrons. The lowest BCUT2D eigenvalue weighted by molar-refractivity contribution is 0.406. The van der Waals surface area contributed by atoms with E-state index in [1.54, 1.807) is 6.20 Å². The second kappa shape index (κ2) is 3.64. The van der Waals surface area contributed by atoms with Gasteiger partial charge in [0.25, 0.3) is 0 Å². The first-order chi connectivity index (χ1) is 5.59. The number of nitrogens with one attached hydrogen (secondary N) is 1. The van der Waals surface area contributed by atoms with Crippen LogP contribution in [0, 0.1) is 5.41 Å². The summed E-state index contributed by atoms with van der Waals surface area (Å²) in [6, 6.07) is 0. The zero-order valence-corrected chi connectivity index (χ0v) is 7.98. The van der Waals surface area contributed by atoms with E-state index in [1.165, 1.54) is 11.3 Å². The number of nitrogens with zero attached hydrogens (tertiary/aromatic N) is 2. The standard InChI is InChI=1S/C7H12N4S/c1-11(2)4-5-3-10-7(12-5)6(8)9/h3H,4H2,1-2H3,(H3,8,9). The molecule has 0 amide bonds. The molecule has 0 radical (unpaired) electrons. The quantitative estimate of drug-likeness (QED) is 0.530. The van der Waals surface area contributed by atoms with Gasteiger partial charge in [0.1, 0.15) is 0 Å². The van der Waals surface area contributed by atoms with Crippen molar-refractivity contribution in [3.05, 3.63) is 16.1 Å². The number of hydrogen-bond acceptors (Lipinski definition) is 4. The van der Waals surface area contributed by atoms with E-state index < -0.39 is 0 Å². The summed E-state index contributed by atoms with van der Waals surface area (Å²) in [6.45, 7) is 0.852. The topological polar surface area (TPSA) is 66.0 Å². The minimum Gasteiger partial charge on any atom is -0.382 e. The van der Waals surface area contributed by atoms with Crippen molar-refractivity contribution in [1.82, 2.24) is 9.88 Å². The highest BCUT2D eigenvalue weighted by Crippen LogP contribution is 2.13. The van der Waals surface area contributed by atoms with E-state index in [1.807, 2.05) is 14.1 Å². The van der Waals surface area contributed by atoms with Crippen molar-refractivity contribution in [3.8, 4) is 0 Å². The Balaban J connectivity index is 2.71. The molecule has 3 N–H and O–H groups in total. The molecule has 0 fully saturated rings. The molecule has 0 saturated carbocycles. The number of amidine groups is 1. The number of rotatable bonds is 3.